The number of carbonyl (C=O) groups is 2. The van der Waals surface area contributed by atoms with Gasteiger partial charge in [-0.25, -0.2) is 0 Å². The van der Waals surface area contributed by atoms with Gasteiger partial charge in [0, 0.05) is 6.42 Å². The summed E-state index contributed by atoms with van der Waals surface area (Å²) in [4.78, 5) is 23.6. The number of carbonyl (C=O) groups excluding carboxylic acids is 1. The van der Waals surface area contributed by atoms with Crippen LogP contribution in [0, 0.1) is 11.3 Å². The van der Waals surface area contributed by atoms with Gasteiger partial charge in [0.2, 0.25) is 5.91 Å². The highest BCUT2D eigenvalue weighted by atomic mass is 16.4. The minimum Gasteiger partial charge on any atom is -0.481 e. The number of hydrogen-bond donors (Lipinski definition) is 2. The summed E-state index contributed by atoms with van der Waals surface area (Å²) in [5, 5.41) is 12.3. The van der Waals surface area contributed by atoms with Gasteiger partial charge < -0.3 is 10.4 Å². The van der Waals surface area contributed by atoms with E-state index in [0.29, 0.717) is 12.8 Å². The van der Waals surface area contributed by atoms with Gasteiger partial charge in [-0.2, -0.15) is 0 Å². The van der Waals surface area contributed by atoms with Gasteiger partial charge >= 0.3 is 5.97 Å². The van der Waals surface area contributed by atoms with Crippen molar-refractivity contribution in [2.24, 2.45) is 11.3 Å². The standard InChI is InChI=1S/C17H23NO3/c1-12(2)15(13-7-4-3-5-8-13)18-14(19)11-17(16(20)21)9-6-10-17/h3-5,7-8,12,15H,6,9-11H2,1-2H3,(H,18,19)(H,20,21). The Morgan fingerprint density at radius 1 is 1.24 bits per heavy atom. The number of aliphatic carboxylic acids is 1. The molecule has 1 aromatic rings. The third-order valence-electron chi connectivity index (χ3n) is 4.41. The molecular formula is C17H23NO3. The number of carboxylic acids is 1. The first kappa shape index (κ1) is 15.5. The summed E-state index contributed by atoms with van der Waals surface area (Å²) in [6.07, 6.45) is 2.19. The number of amides is 1. The van der Waals surface area contributed by atoms with Crippen molar-refractivity contribution in [2.45, 2.75) is 45.6 Å². The lowest BCUT2D eigenvalue weighted by atomic mass is 9.66. The Labute approximate surface area is 125 Å². The molecule has 2 N–H and O–H groups in total. The van der Waals surface area contributed by atoms with Crippen molar-refractivity contribution in [3.8, 4) is 0 Å². The average Bonchev–Trinajstić information content (AvgIpc) is 2.40. The molecular weight excluding hydrogens is 266 g/mol. The monoisotopic (exact) mass is 289 g/mol. The zero-order valence-corrected chi connectivity index (χ0v) is 12.6. The molecule has 114 valence electrons. The number of carboxylic acid groups (broad SMARTS) is 1. The summed E-state index contributed by atoms with van der Waals surface area (Å²) < 4.78 is 0. The van der Waals surface area contributed by atoms with Gasteiger partial charge in [-0.15, -0.1) is 0 Å². The van der Waals surface area contributed by atoms with E-state index in [1.165, 1.54) is 0 Å². The van der Waals surface area contributed by atoms with Crippen molar-refractivity contribution < 1.29 is 14.7 Å². The first-order chi connectivity index (χ1) is 9.94. The van der Waals surface area contributed by atoms with Gasteiger partial charge in [-0.05, 0) is 24.3 Å². The molecule has 1 aliphatic rings. The normalized spacial score (nSPS) is 17.9. The topological polar surface area (TPSA) is 66.4 Å². The quantitative estimate of drug-likeness (QED) is 0.845. The second kappa shape index (κ2) is 6.29. The molecule has 4 nitrogen and oxygen atoms in total. The molecule has 1 amide bonds. The molecule has 0 bridgehead atoms. The zero-order valence-electron chi connectivity index (χ0n) is 12.6. The Balaban J connectivity index is 2.04. The highest BCUT2D eigenvalue weighted by Crippen LogP contribution is 2.44. The van der Waals surface area contributed by atoms with Gasteiger partial charge in [0.05, 0.1) is 11.5 Å². The summed E-state index contributed by atoms with van der Waals surface area (Å²) in [7, 11) is 0. The van der Waals surface area contributed by atoms with Gasteiger partial charge in [-0.3, -0.25) is 9.59 Å². The van der Waals surface area contributed by atoms with Crippen LogP contribution in [0.3, 0.4) is 0 Å². The molecule has 1 fully saturated rings. The van der Waals surface area contributed by atoms with E-state index in [4.69, 9.17) is 0 Å². The molecule has 0 aromatic heterocycles. The summed E-state index contributed by atoms with van der Waals surface area (Å²) in [5.41, 5.74) is 0.223. The minimum absolute atomic E-state index is 0.0791. The lowest BCUT2D eigenvalue weighted by molar-refractivity contribution is -0.157. The summed E-state index contributed by atoms with van der Waals surface area (Å²) >= 11 is 0. The molecule has 1 aliphatic carbocycles. The van der Waals surface area contributed by atoms with Crippen LogP contribution in [0.2, 0.25) is 0 Å². The molecule has 0 heterocycles. The van der Waals surface area contributed by atoms with Crippen LogP contribution in [0.25, 0.3) is 0 Å². The first-order valence-corrected chi connectivity index (χ1v) is 7.52. The summed E-state index contributed by atoms with van der Waals surface area (Å²) in [5.74, 6) is -0.761. The molecule has 0 aliphatic heterocycles. The van der Waals surface area contributed by atoms with Crippen molar-refractivity contribution >= 4 is 11.9 Å². The Morgan fingerprint density at radius 3 is 2.29 bits per heavy atom. The number of nitrogens with one attached hydrogen (secondary N) is 1. The fourth-order valence-corrected chi connectivity index (χ4v) is 2.90. The molecule has 21 heavy (non-hydrogen) atoms. The molecule has 1 saturated carbocycles. The lowest BCUT2D eigenvalue weighted by Gasteiger charge is -2.37. The minimum atomic E-state index is -0.843. The van der Waals surface area contributed by atoms with E-state index in [9.17, 15) is 14.7 Å². The lowest BCUT2D eigenvalue weighted by Crippen LogP contribution is -2.43. The van der Waals surface area contributed by atoms with Gasteiger partial charge in [0.15, 0.2) is 0 Å². The van der Waals surface area contributed by atoms with Gasteiger partial charge in [0.25, 0.3) is 0 Å². The molecule has 1 atom stereocenters. The molecule has 1 unspecified atom stereocenters. The maximum Gasteiger partial charge on any atom is 0.310 e. The molecule has 0 spiro atoms. The Bertz CT molecular complexity index is 506. The third kappa shape index (κ3) is 3.43. The van der Waals surface area contributed by atoms with E-state index in [2.05, 4.69) is 5.32 Å². The van der Waals surface area contributed by atoms with Crippen LogP contribution in [0.1, 0.15) is 51.1 Å². The predicted molar refractivity (Wildman–Crippen MR) is 80.7 cm³/mol. The Kier molecular flexibility index (Phi) is 4.66. The largest absolute Gasteiger partial charge is 0.481 e. The number of benzene rings is 1. The van der Waals surface area contributed by atoms with E-state index < -0.39 is 11.4 Å². The molecule has 1 aromatic carbocycles. The van der Waals surface area contributed by atoms with Crippen LogP contribution in [0.5, 0.6) is 0 Å². The molecule has 0 radical (unpaired) electrons. The third-order valence-corrected chi connectivity index (χ3v) is 4.41. The van der Waals surface area contributed by atoms with Crippen molar-refractivity contribution in [1.29, 1.82) is 0 Å². The zero-order chi connectivity index (χ0) is 15.5. The number of hydrogen-bond acceptors (Lipinski definition) is 2. The first-order valence-electron chi connectivity index (χ1n) is 7.52. The van der Waals surface area contributed by atoms with E-state index in [0.717, 1.165) is 12.0 Å². The van der Waals surface area contributed by atoms with E-state index in [1.807, 2.05) is 44.2 Å². The average molecular weight is 289 g/mol. The molecule has 4 heteroatoms. The smallest absolute Gasteiger partial charge is 0.310 e. The highest BCUT2D eigenvalue weighted by Gasteiger charge is 2.46. The van der Waals surface area contributed by atoms with Crippen LogP contribution in [-0.2, 0) is 9.59 Å². The van der Waals surface area contributed by atoms with Crippen molar-refractivity contribution in [3.63, 3.8) is 0 Å². The predicted octanol–water partition coefficient (Wildman–Crippen LogP) is 3.14. The number of rotatable bonds is 6. The second-order valence-electron chi connectivity index (χ2n) is 6.32. The van der Waals surface area contributed by atoms with Crippen LogP contribution >= 0.6 is 0 Å². The van der Waals surface area contributed by atoms with Crippen LogP contribution in [0.4, 0.5) is 0 Å². The van der Waals surface area contributed by atoms with Gasteiger partial charge in [0.1, 0.15) is 0 Å². The van der Waals surface area contributed by atoms with Crippen LogP contribution in [-0.4, -0.2) is 17.0 Å². The second-order valence-corrected chi connectivity index (χ2v) is 6.32. The Morgan fingerprint density at radius 2 is 1.86 bits per heavy atom. The van der Waals surface area contributed by atoms with E-state index in [-0.39, 0.29) is 24.3 Å². The van der Waals surface area contributed by atoms with Crippen molar-refractivity contribution in [2.75, 3.05) is 0 Å². The van der Waals surface area contributed by atoms with Crippen LogP contribution in [0.15, 0.2) is 30.3 Å². The SMILES string of the molecule is CC(C)C(NC(=O)CC1(C(=O)O)CCC1)c1ccccc1. The maximum atomic E-state index is 12.3. The van der Waals surface area contributed by atoms with E-state index >= 15 is 0 Å². The van der Waals surface area contributed by atoms with Crippen molar-refractivity contribution in [1.82, 2.24) is 5.32 Å². The fraction of sp³-hybridized carbons (Fsp3) is 0.529. The van der Waals surface area contributed by atoms with Crippen molar-refractivity contribution in [3.05, 3.63) is 35.9 Å². The summed E-state index contributed by atoms with van der Waals surface area (Å²) in [6.45, 7) is 4.10. The fourth-order valence-electron chi connectivity index (χ4n) is 2.90. The molecule has 2 rings (SSSR count). The van der Waals surface area contributed by atoms with Crippen LogP contribution < -0.4 is 5.32 Å². The Hall–Kier alpha value is -1.84. The highest BCUT2D eigenvalue weighted by molar-refractivity contribution is 5.85. The molecule has 0 saturated heterocycles. The summed E-state index contributed by atoms with van der Waals surface area (Å²) in [6, 6.07) is 9.73. The van der Waals surface area contributed by atoms with E-state index in [1.54, 1.807) is 0 Å². The van der Waals surface area contributed by atoms with Gasteiger partial charge in [-0.1, -0.05) is 50.6 Å². The maximum absolute atomic E-state index is 12.3.